The molecule has 0 aliphatic carbocycles. The van der Waals surface area contributed by atoms with Gasteiger partial charge in [0.25, 0.3) is 0 Å². The van der Waals surface area contributed by atoms with Crippen LogP contribution in [0, 0.1) is 0 Å². The van der Waals surface area contributed by atoms with E-state index in [1.54, 1.807) is 0 Å². The topological polar surface area (TPSA) is 49.8 Å². The van der Waals surface area contributed by atoms with Crippen LogP contribution in [0.3, 0.4) is 0 Å². The van der Waals surface area contributed by atoms with Crippen molar-refractivity contribution in [3.63, 3.8) is 0 Å². The van der Waals surface area contributed by atoms with E-state index in [0.717, 1.165) is 30.4 Å². The second-order valence-electron chi connectivity index (χ2n) is 5.95. The van der Waals surface area contributed by atoms with Crippen LogP contribution in [-0.4, -0.2) is 22.1 Å². The molecule has 0 saturated carbocycles. The summed E-state index contributed by atoms with van der Waals surface area (Å²) in [6.45, 7) is 13.7. The highest BCUT2D eigenvalue weighted by Crippen LogP contribution is 2.19. The monoisotopic (exact) mass is 250 g/mol. The van der Waals surface area contributed by atoms with Crippen molar-refractivity contribution in [2.45, 2.75) is 59.4 Å². The van der Waals surface area contributed by atoms with E-state index in [2.05, 4.69) is 62.1 Å². The van der Waals surface area contributed by atoms with Crippen molar-refractivity contribution in [1.29, 1.82) is 0 Å². The SMILES string of the molecule is CCCNc1cc(NC(C)(C)C)nc(C(C)C)n1. The molecule has 1 heterocycles. The zero-order valence-electron chi connectivity index (χ0n) is 12.5. The van der Waals surface area contributed by atoms with Crippen molar-refractivity contribution in [3.8, 4) is 0 Å². The average molecular weight is 250 g/mol. The summed E-state index contributed by atoms with van der Waals surface area (Å²) in [6, 6.07) is 1.98. The molecule has 0 saturated heterocycles. The van der Waals surface area contributed by atoms with Gasteiger partial charge >= 0.3 is 0 Å². The highest BCUT2D eigenvalue weighted by Gasteiger charge is 2.13. The first kappa shape index (κ1) is 14.7. The molecule has 0 radical (unpaired) electrons. The standard InChI is InChI=1S/C14H26N4/c1-7-8-15-11-9-12(18-14(4,5)6)17-13(16-11)10(2)3/h9-10H,7-8H2,1-6H3,(H2,15,16,17,18). The lowest BCUT2D eigenvalue weighted by Crippen LogP contribution is -2.27. The molecule has 0 aromatic carbocycles. The van der Waals surface area contributed by atoms with E-state index >= 15 is 0 Å². The van der Waals surface area contributed by atoms with Crippen molar-refractivity contribution in [2.75, 3.05) is 17.2 Å². The van der Waals surface area contributed by atoms with Crippen LogP contribution in [0.1, 0.15) is 59.7 Å². The minimum Gasteiger partial charge on any atom is -0.370 e. The first-order valence-corrected chi connectivity index (χ1v) is 6.73. The lowest BCUT2D eigenvalue weighted by molar-refractivity contribution is 0.627. The fourth-order valence-electron chi connectivity index (χ4n) is 1.52. The number of aromatic nitrogens is 2. The quantitative estimate of drug-likeness (QED) is 0.837. The molecule has 1 aromatic heterocycles. The van der Waals surface area contributed by atoms with Crippen molar-refractivity contribution in [2.24, 2.45) is 0 Å². The van der Waals surface area contributed by atoms with Gasteiger partial charge in [0.15, 0.2) is 0 Å². The molecule has 0 fully saturated rings. The number of rotatable bonds is 5. The summed E-state index contributed by atoms with van der Waals surface area (Å²) in [5.74, 6) is 3.00. The molecule has 1 aromatic rings. The maximum Gasteiger partial charge on any atom is 0.135 e. The van der Waals surface area contributed by atoms with Gasteiger partial charge in [-0.15, -0.1) is 0 Å². The van der Waals surface area contributed by atoms with Crippen molar-refractivity contribution >= 4 is 11.6 Å². The minimum atomic E-state index is 0.00459. The van der Waals surface area contributed by atoms with E-state index in [1.807, 2.05) is 6.07 Å². The van der Waals surface area contributed by atoms with Crippen LogP contribution in [0.5, 0.6) is 0 Å². The van der Waals surface area contributed by atoms with Crippen LogP contribution in [0.25, 0.3) is 0 Å². The van der Waals surface area contributed by atoms with E-state index in [9.17, 15) is 0 Å². The predicted octanol–water partition coefficient (Wildman–Crippen LogP) is 3.63. The summed E-state index contributed by atoms with van der Waals surface area (Å²) < 4.78 is 0. The molecule has 0 aliphatic heterocycles. The van der Waals surface area contributed by atoms with Gasteiger partial charge in [-0.25, -0.2) is 9.97 Å². The molecule has 4 nitrogen and oxygen atoms in total. The van der Waals surface area contributed by atoms with Gasteiger partial charge in [-0.05, 0) is 27.2 Å². The second-order valence-corrected chi connectivity index (χ2v) is 5.95. The molecule has 4 heteroatoms. The van der Waals surface area contributed by atoms with Gasteiger partial charge in [0, 0.05) is 24.1 Å². The van der Waals surface area contributed by atoms with E-state index in [4.69, 9.17) is 0 Å². The van der Waals surface area contributed by atoms with Crippen molar-refractivity contribution in [1.82, 2.24) is 9.97 Å². The van der Waals surface area contributed by atoms with Crippen LogP contribution in [0.2, 0.25) is 0 Å². The van der Waals surface area contributed by atoms with E-state index in [0.29, 0.717) is 5.92 Å². The Morgan fingerprint density at radius 2 is 1.78 bits per heavy atom. The molecular formula is C14H26N4. The Balaban J connectivity index is 2.98. The molecule has 0 bridgehead atoms. The Morgan fingerprint density at radius 1 is 1.17 bits per heavy atom. The van der Waals surface area contributed by atoms with Gasteiger partial charge < -0.3 is 10.6 Å². The Hall–Kier alpha value is -1.32. The summed E-state index contributed by atoms with van der Waals surface area (Å²) in [5, 5.41) is 6.73. The smallest absolute Gasteiger partial charge is 0.135 e. The normalized spacial score (nSPS) is 11.7. The maximum absolute atomic E-state index is 4.56. The first-order chi connectivity index (χ1) is 8.31. The molecule has 0 aliphatic rings. The van der Waals surface area contributed by atoms with Gasteiger partial charge in [-0.1, -0.05) is 20.8 Å². The van der Waals surface area contributed by atoms with E-state index in [1.165, 1.54) is 0 Å². The summed E-state index contributed by atoms with van der Waals surface area (Å²) in [5.41, 5.74) is 0.00459. The maximum atomic E-state index is 4.56. The van der Waals surface area contributed by atoms with Crippen molar-refractivity contribution < 1.29 is 0 Å². The third-order valence-electron chi connectivity index (χ3n) is 2.32. The van der Waals surface area contributed by atoms with Gasteiger partial charge in [0.05, 0.1) is 0 Å². The Bertz CT molecular complexity index is 380. The summed E-state index contributed by atoms with van der Waals surface area (Å²) in [7, 11) is 0. The Kier molecular flexibility index (Phi) is 4.93. The van der Waals surface area contributed by atoms with Crippen LogP contribution >= 0.6 is 0 Å². The summed E-state index contributed by atoms with van der Waals surface area (Å²) in [6.07, 6.45) is 1.09. The summed E-state index contributed by atoms with van der Waals surface area (Å²) >= 11 is 0. The molecule has 0 unspecified atom stereocenters. The summed E-state index contributed by atoms with van der Waals surface area (Å²) in [4.78, 5) is 9.10. The van der Waals surface area contributed by atoms with Gasteiger partial charge in [-0.3, -0.25) is 0 Å². The number of hydrogen-bond donors (Lipinski definition) is 2. The number of nitrogens with zero attached hydrogens (tertiary/aromatic N) is 2. The fraction of sp³-hybridized carbons (Fsp3) is 0.714. The number of anilines is 2. The molecular weight excluding hydrogens is 224 g/mol. The Morgan fingerprint density at radius 3 is 2.28 bits per heavy atom. The Labute approximate surface area is 111 Å². The predicted molar refractivity (Wildman–Crippen MR) is 78.3 cm³/mol. The molecule has 1 rings (SSSR count). The third kappa shape index (κ3) is 4.90. The minimum absolute atomic E-state index is 0.00459. The fourth-order valence-corrected chi connectivity index (χ4v) is 1.52. The highest BCUT2D eigenvalue weighted by molar-refractivity contribution is 5.49. The zero-order chi connectivity index (χ0) is 13.8. The molecule has 102 valence electrons. The number of hydrogen-bond acceptors (Lipinski definition) is 4. The van der Waals surface area contributed by atoms with Crippen LogP contribution in [-0.2, 0) is 0 Å². The van der Waals surface area contributed by atoms with Crippen molar-refractivity contribution in [3.05, 3.63) is 11.9 Å². The molecule has 0 spiro atoms. The zero-order valence-corrected chi connectivity index (χ0v) is 12.5. The van der Waals surface area contributed by atoms with Gasteiger partial charge in [0.2, 0.25) is 0 Å². The van der Waals surface area contributed by atoms with E-state index in [-0.39, 0.29) is 5.54 Å². The van der Waals surface area contributed by atoms with Gasteiger partial charge in [0.1, 0.15) is 17.5 Å². The van der Waals surface area contributed by atoms with Crippen LogP contribution in [0.15, 0.2) is 6.07 Å². The highest BCUT2D eigenvalue weighted by atomic mass is 15.1. The first-order valence-electron chi connectivity index (χ1n) is 6.73. The molecule has 0 amide bonds. The average Bonchev–Trinajstić information content (AvgIpc) is 2.23. The molecule has 18 heavy (non-hydrogen) atoms. The molecule has 2 N–H and O–H groups in total. The lowest BCUT2D eigenvalue weighted by atomic mass is 10.1. The van der Waals surface area contributed by atoms with Gasteiger partial charge in [-0.2, -0.15) is 0 Å². The molecule has 0 atom stereocenters. The second kappa shape index (κ2) is 6.03. The van der Waals surface area contributed by atoms with Crippen LogP contribution in [0.4, 0.5) is 11.6 Å². The van der Waals surface area contributed by atoms with E-state index < -0.39 is 0 Å². The number of nitrogens with one attached hydrogen (secondary N) is 2. The largest absolute Gasteiger partial charge is 0.370 e. The van der Waals surface area contributed by atoms with Crippen LogP contribution < -0.4 is 10.6 Å². The third-order valence-corrected chi connectivity index (χ3v) is 2.32. The lowest BCUT2D eigenvalue weighted by Gasteiger charge is -2.22.